The molecule has 1 aromatic rings. The summed E-state index contributed by atoms with van der Waals surface area (Å²) in [6.45, 7) is 2.06. The maximum absolute atomic E-state index is 11.8. The Morgan fingerprint density at radius 2 is 1.70 bits per heavy atom. The number of benzene rings is 1. The largest absolute Gasteiger partial charge is 0.493 e. The zero-order valence-electron chi connectivity index (χ0n) is 12.4. The molecule has 0 radical (unpaired) electrons. The molecule has 0 spiro atoms. The summed E-state index contributed by atoms with van der Waals surface area (Å²) in [6, 6.07) is 3.62. The number of hydrogen-bond acceptors (Lipinski definition) is 4. The van der Waals surface area contributed by atoms with Crippen LogP contribution in [0, 0.1) is 0 Å². The first-order valence-corrected chi connectivity index (χ1v) is 6.56. The van der Waals surface area contributed by atoms with E-state index >= 15 is 0 Å². The minimum absolute atomic E-state index is 0.139. The van der Waals surface area contributed by atoms with Crippen LogP contribution in [0.2, 0.25) is 0 Å². The fourth-order valence-corrected chi connectivity index (χ4v) is 2.05. The molecule has 0 saturated carbocycles. The van der Waals surface area contributed by atoms with Gasteiger partial charge in [0.05, 0.1) is 21.3 Å². The van der Waals surface area contributed by atoms with Crippen LogP contribution in [0.15, 0.2) is 12.1 Å². The van der Waals surface area contributed by atoms with Crippen LogP contribution >= 0.6 is 11.6 Å². The highest BCUT2D eigenvalue weighted by Crippen LogP contribution is 2.38. The smallest absolute Gasteiger partial charge is 0.240 e. The summed E-state index contributed by atoms with van der Waals surface area (Å²) < 4.78 is 15.8. The fraction of sp³-hybridized carbons (Fsp3) is 0.500. The normalized spacial score (nSPS) is 11.7. The van der Waals surface area contributed by atoms with Crippen molar-refractivity contribution in [2.45, 2.75) is 18.8 Å². The van der Waals surface area contributed by atoms with Gasteiger partial charge < -0.3 is 19.1 Å². The number of carbonyl (C=O) groups excluding carboxylic acids is 1. The van der Waals surface area contributed by atoms with Crippen LogP contribution in [0.25, 0.3) is 0 Å². The molecular formula is C14H20ClNO4. The van der Waals surface area contributed by atoms with E-state index < -0.39 is 5.38 Å². The first-order valence-electron chi connectivity index (χ1n) is 6.12. The first-order chi connectivity index (χ1) is 9.44. The maximum Gasteiger partial charge on any atom is 0.240 e. The van der Waals surface area contributed by atoms with Crippen molar-refractivity contribution in [3.05, 3.63) is 17.7 Å². The molecule has 0 bridgehead atoms. The summed E-state index contributed by atoms with van der Waals surface area (Å²) in [6.07, 6.45) is 0. The number of amides is 1. The lowest BCUT2D eigenvalue weighted by atomic mass is 10.1. The Kier molecular flexibility index (Phi) is 5.95. The van der Waals surface area contributed by atoms with Crippen molar-refractivity contribution in [1.82, 2.24) is 4.90 Å². The van der Waals surface area contributed by atoms with E-state index in [2.05, 4.69) is 0 Å². The monoisotopic (exact) mass is 301 g/mol. The second kappa shape index (κ2) is 7.24. The Balaban J connectivity index is 3.05. The van der Waals surface area contributed by atoms with Gasteiger partial charge in [0.25, 0.3) is 0 Å². The maximum atomic E-state index is 11.8. The van der Waals surface area contributed by atoms with Crippen molar-refractivity contribution in [1.29, 1.82) is 0 Å². The predicted molar refractivity (Wildman–Crippen MR) is 77.9 cm³/mol. The molecule has 0 aromatic heterocycles. The zero-order chi connectivity index (χ0) is 15.3. The van der Waals surface area contributed by atoms with Gasteiger partial charge in [-0.1, -0.05) is 0 Å². The highest BCUT2D eigenvalue weighted by Gasteiger charge is 2.18. The quantitative estimate of drug-likeness (QED) is 0.757. The molecule has 1 atom stereocenters. The number of alkyl halides is 1. The topological polar surface area (TPSA) is 48.0 Å². The van der Waals surface area contributed by atoms with Crippen LogP contribution in [0.3, 0.4) is 0 Å². The molecule has 0 heterocycles. The van der Waals surface area contributed by atoms with Gasteiger partial charge in [-0.15, -0.1) is 11.6 Å². The minimum Gasteiger partial charge on any atom is -0.493 e. The lowest BCUT2D eigenvalue weighted by molar-refractivity contribution is -0.129. The zero-order valence-corrected chi connectivity index (χ0v) is 13.2. The fourth-order valence-electron chi connectivity index (χ4n) is 1.88. The van der Waals surface area contributed by atoms with Crippen LogP contribution in [-0.2, 0) is 11.3 Å². The minimum atomic E-state index is -0.554. The van der Waals surface area contributed by atoms with E-state index in [1.54, 1.807) is 40.2 Å². The SMILES string of the molecule is COc1cc(CN(C)C(=O)C(C)Cl)cc(OC)c1OC. The Labute approximate surface area is 124 Å². The molecule has 5 nitrogen and oxygen atoms in total. The summed E-state index contributed by atoms with van der Waals surface area (Å²) in [4.78, 5) is 13.3. The van der Waals surface area contributed by atoms with Crippen LogP contribution in [0.4, 0.5) is 0 Å². The summed E-state index contributed by atoms with van der Waals surface area (Å²) in [5.41, 5.74) is 0.868. The van der Waals surface area contributed by atoms with Crippen molar-refractivity contribution in [3.8, 4) is 17.2 Å². The molecular weight excluding hydrogens is 282 g/mol. The van der Waals surface area contributed by atoms with Gasteiger partial charge in [-0.25, -0.2) is 0 Å². The molecule has 1 aromatic carbocycles. The lowest BCUT2D eigenvalue weighted by Gasteiger charge is -2.20. The van der Waals surface area contributed by atoms with Crippen LogP contribution in [-0.4, -0.2) is 44.6 Å². The molecule has 0 aliphatic heterocycles. The Hall–Kier alpha value is -1.62. The third-order valence-electron chi connectivity index (χ3n) is 2.86. The molecule has 0 fully saturated rings. The molecule has 1 rings (SSSR count). The molecule has 0 aliphatic rings. The van der Waals surface area contributed by atoms with Gasteiger partial charge in [-0.05, 0) is 24.6 Å². The number of carbonyl (C=O) groups is 1. The van der Waals surface area contributed by atoms with Gasteiger partial charge in [0.2, 0.25) is 11.7 Å². The number of methoxy groups -OCH3 is 3. The third kappa shape index (κ3) is 3.70. The van der Waals surface area contributed by atoms with Gasteiger partial charge in [0.1, 0.15) is 5.38 Å². The first kappa shape index (κ1) is 16.4. The molecule has 20 heavy (non-hydrogen) atoms. The summed E-state index contributed by atoms with van der Waals surface area (Å²) in [5, 5.41) is -0.554. The van der Waals surface area contributed by atoms with Gasteiger partial charge >= 0.3 is 0 Å². The molecule has 112 valence electrons. The average molecular weight is 302 g/mol. The van der Waals surface area contributed by atoms with E-state index in [1.807, 2.05) is 12.1 Å². The highest BCUT2D eigenvalue weighted by molar-refractivity contribution is 6.30. The number of halogens is 1. The predicted octanol–water partition coefficient (Wildman–Crippen LogP) is 2.30. The van der Waals surface area contributed by atoms with Gasteiger partial charge in [0.15, 0.2) is 11.5 Å². The van der Waals surface area contributed by atoms with Crippen molar-refractivity contribution in [2.75, 3.05) is 28.4 Å². The third-order valence-corrected chi connectivity index (χ3v) is 3.05. The molecule has 0 aliphatic carbocycles. The standard InChI is InChI=1S/C14H20ClNO4/c1-9(15)14(17)16(2)8-10-6-11(18-3)13(20-5)12(7-10)19-4/h6-7,9H,8H2,1-5H3. The molecule has 6 heteroatoms. The molecule has 0 N–H and O–H groups in total. The van der Waals surface area contributed by atoms with Crippen LogP contribution in [0.1, 0.15) is 12.5 Å². The van der Waals surface area contributed by atoms with Crippen molar-refractivity contribution in [3.63, 3.8) is 0 Å². The van der Waals surface area contributed by atoms with Crippen LogP contribution < -0.4 is 14.2 Å². The molecule has 1 amide bonds. The number of rotatable bonds is 6. The van der Waals surface area contributed by atoms with E-state index in [4.69, 9.17) is 25.8 Å². The van der Waals surface area contributed by atoms with E-state index in [0.29, 0.717) is 23.8 Å². The summed E-state index contributed by atoms with van der Waals surface area (Å²) >= 11 is 5.79. The van der Waals surface area contributed by atoms with Crippen molar-refractivity contribution < 1.29 is 19.0 Å². The number of ether oxygens (including phenoxy) is 3. The van der Waals surface area contributed by atoms with E-state index in [-0.39, 0.29) is 5.91 Å². The van der Waals surface area contributed by atoms with Crippen molar-refractivity contribution in [2.24, 2.45) is 0 Å². The molecule has 0 saturated heterocycles. The number of nitrogens with zero attached hydrogens (tertiary/aromatic N) is 1. The van der Waals surface area contributed by atoms with Gasteiger partial charge in [-0.2, -0.15) is 0 Å². The second-order valence-corrected chi connectivity index (χ2v) is 5.00. The lowest BCUT2D eigenvalue weighted by Crippen LogP contribution is -2.31. The Bertz CT molecular complexity index is 451. The second-order valence-electron chi connectivity index (χ2n) is 4.34. The highest BCUT2D eigenvalue weighted by atomic mass is 35.5. The number of hydrogen-bond donors (Lipinski definition) is 0. The van der Waals surface area contributed by atoms with Gasteiger partial charge in [0, 0.05) is 13.6 Å². The van der Waals surface area contributed by atoms with E-state index in [0.717, 1.165) is 5.56 Å². The average Bonchev–Trinajstić information content (AvgIpc) is 2.44. The van der Waals surface area contributed by atoms with Gasteiger partial charge in [-0.3, -0.25) is 4.79 Å². The summed E-state index contributed by atoms with van der Waals surface area (Å²) in [7, 11) is 6.35. The Morgan fingerprint density at radius 3 is 2.05 bits per heavy atom. The Morgan fingerprint density at radius 1 is 1.20 bits per heavy atom. The van der Waals surface area contributed by atoms with Crippen molar-refractivity contribution >= 4 is 17.5 Å². The summed E-state index contributed by atoms with van der Waals surface area (Å²) in [5.74, 6) is 1.50. The van der Waals surface area contributed by atoms with Crippen LogP contribution in [0.5, 0.6) is 17.2 Å². The van der Waals surface area contributed by atoms with E-state index in [1.165, 1.54) is 0 Å². The molecule has 1 unspecified atom stereocenters. The van der Waals surface area contributed by atoms with E-state index in [9.17, 15) is 4.79 Å².